The topological polar surface area (TPSA) is 34.6 Å². The Labute approximate surface area is 158 Å². The molecule has 0 radical (unpaired) electrons. The van der Waals surface area contributed by atoms with E-state index < -0.39 is 0 Å². The second-order valence-electron chi connectivity index (χ2n) is 5.14. The number of para-hydroxylation sites is 2. The van der Waals surface area contributed by atoms with Gasteiger partial charge in [-0.2, -0.15) is 0 Å². The summed E-state index contributed by atoms with van der Waals surface area (Å²) in [6.07, 6.45) is 0. The molecule has 0 N–H and O–H groups in total. The van der Waals surface area contributed by atoms with E-state index in [1.807, 2.05) is 101 Å². The van der Waals surface area contributed by atoms with Gasteiger partial charge in [0.25, 0.3) is 0 Å². The van der Waals surface area contributed by atoms with Gasteiger partial charge in [-0.1, -0.05) is 54.6 Å². The fourth-order valence-corrected chi connectivity index (χ4v) is 2.44. The normalized spacial score (nSPS) is 9.76. The van der Waals surface area contributed by atoms with Gasteiger partial charge in [0.2, 0.25) is 0 Å². The van der Waals surface area contributed by atoms with Crippen LogP contribution in [0.4, 0.5) is 0 Å². The van der Waals surface area contributed by atoms with Crippen molar-refractivity contribution in [1.29, 1.82) is 0 Å². The summed E-state index contributed by atoms with van der Waals surface area (Å²) in [5.74, 6) is 0.693. The lowest BCUT2D eigenvalue weighted by atomic mass is 10.2. The van der Waals surface area contributed by atoms with Crippen molar-refractivity contribution >= 4 is 12.4 Å². The van der Waals surface area contributed by atoms with Crippen molar-refractivity contribution in [3.63, 3.8) is 0 Å². The van der Waals surface area contributed by atoms with Gasteiger partial charge in [0.15, 0.2) is 5.69 Å². The first-order valence-corrected chi connectivity index (χ1v) is 7.48. The Morgan fingerprint density at radius 3 is 1.80 bits per heavy atom. The molecule has 126 valence electrons. The molecule has 0 bridgehead atoms. The van der Waals surface area contributed by atoms with Gasteiger partial charge >= 0.3 is 5.82 Å². The Bertz CT molecular complexity index is 853. The van der Waals surface area contributed by atoms with Gasteiger partial charge in [0, 0.05) is 4.80 Å². The molecule has 0 spiro atoms. The van der Waals surface area contributed by atoms with Crippen LogP contribution in [0.25, 0.3) is 22.8 Å². The molecule has 0 aliphatic rings. The van der Waals surface area contributed by atoms with Crippen molar-refractivity contribution in [2.75, 3.05) is 0 Å². The smallest absolute Gasteiger partial charge is 0.340 e. The van der Waals surface area contributed by atoms with Crippen LogP contribution in [0, 0.1) is 0 Å². The summed E-state index contributed by atoms with van der Waals surface area (Å²) in [5.41, 5.74) is 2.92. The number of rotatable bonds is 3. The number of benzene rings is 3. The van der Waals surface area contributed by atoms with Gasteiger partial charge in [0.1, 0.15) is 5.69 Å². The molecule has 4 rings (SSSR count). The van der Waals surface area contributed by atoms with Crippen molar-refractivity contribution in [2.24, 2.45) is 0 Å². The molecule has 6 heteroatoms. The van der Waals surface area contributed by atoms with Crippen LogP contribution >= 0.6 is 12.4 Å². The van der Waals surface area contributed by atoms with Gasteiger partial charge in [-0.3, -0.25) is 0 Å². The Balaban J connectivity index is 0.00000113. The lowest BCUT2D eigenvalue weighted by Crippen LogP contribution is -3.00. The summed E-state index contributed by atoms with van der Waals surface area (Å²) in [4.78, 5) is 3.63. The van der Waals surface area contributed by atoms with Crippen molar-refractivity contribution in [3.8, 4) is 22.8 Å². The van der Waals surface area contributed by atoms with Crippen molar-refractivity contribution in [1.82, 2.24) is 15.0 Å². The highest BCUT2D eigenvalue weighted by Crippen LogP contribution is 2.14. The SMILES string of the molecule is Cl.[Cl-].c1ccc(-c2nn(-c3ccccc3)[n+](-c3ccccc3)n2)cc1. The summed E-state index contributed by atoms with van der Waals surface area (Å²) >= 11 is 0. The Morgan fingerprint density at radius 1 is 0.680 bits per heavy atom. The van der Waals surface area contributed by atoms with Gasteiger partial charge < -0.3 is 12.4 Å². The molecule has 0 atom stereocenters. The summed E-state index contributed by atoms with van der Waals surface area (Å²) in [7, 11) is 0. The highest BCUT2D eigenvalue weighted by molar-refractivity contribution is 5.85. The molecule has 0 saturated heterocycles. The van der Waals surface area contributed by atoms with Crippen molar-refractivity contribution < 1.29 is 17.2 Å². The zero-order chi connectivity index (χ0) is 15.5. The zero-order valence-electron chi connectivity index (χ0n) is 13.2. The van der Waals surface area contributed by atoms with Gasteiger partial charge in [-0.25, -0.2) is 0 Å². The summed E-state index contributed by atoms with van der Waals surface area (Å²) in [6.45, 7) is 0. The van der Waals surface area contributed by atoms with Crippen LogP contribution in [-0.4, -0.2) is 15.0 Å². The quantitative estimate of drug-likeness (QED) is 0.496. The first-order chi connectivity index (χ1) is 11.4. The third kappa shape index (κ3) is 3.87. The van der Waals surface area contributed by atoms with Crippen LogP contribution in [0.2, 0.25) is 0 Å². The van der Waals surface area contributed by atoms with E-state index >= 15 is 0 Å². The fourth-order valence-electron chi connectivity index (χ4n) is 2.44. The zero-order valence-corrected chi connectivity index (χ0v) is 14.8. The second-order valence-corrected chi connectivity index (χ2v) is 5.14. The monoisotopic (exact) mass is 370 g/mol. The fraction of sp³-hybridized carbons (Fsp3) is 0. The van der Waals surface area contributed by atoms with Crippen molar-refractivity contribution in [3.05, 3.63) is 91.0 Å². The molecule has 3 aromatic carbocycles. The van der Waals surface area contributed by atoms with Gasteiger partial charge in [0.05, 0.1) is 10.7 Å². The van der Waals surface area contributed by atoms with E-state index in [0.717, 1.165) is 16.9 Å². The van der Waals surface area contributed by atoms with Gasteiger partial charge in [-0.05, 0) is 46.3 Å². The maximum absolute atomic E-state index is 4.70. The van der Waals surface area contributed by atoms with E-state index in [2.05, 4.69) is 0 Å². The second kappa shape index (κ2) is 8.42. The lowest BCUT2D eigenvalue weighted by Gasteiger charge is -1.98. The molecular weight excluding hydrogens is 355 g/mol. The number of halogens is 2. The Kier molecular flexibility index (Phi) is 6.28. The van der Waals surface area contributed by atoms with E-state index in [-0.39, 0.29) is 24.8 Å². The van der Waals surface area contributed by atoms with Crippen molar-refractivity contribution in [2.45, 2.75) is 0 Å². The van der Waals surface area contributed by atoms with Crippen LogP contribution < -0.4 is 17.2 Å². The molecule has 1 heterocycles. The van der Waals surface area contributed by atoms with Crippen LogP contribution in [0.1, 0.15) is 0 Å². The van der Waals surface area contributed by atoms with E-state index in [0.29, 0.717) is 5.82 Å². The van der Waals surface area contributed by atoms with Crippen LogP contribution in [0.15, 0.2) is 91.0 Å². The minimum Gasteiger partial charge on any atom is -1.00 e. The predicted octanol–water partition coefficient (Wildman–Crippen LogP) is 0.637. The predicted molar refractivity (Wildman–Crippen MR) is 95.6 cm³/mol. The number of hydrogen-bond acceptors (Lipinski definition) is 2. The van der Waals surface area contributed by atoms with Crippen LogP contribution in [0.5, 0.6) is 0 Å². The summed E-state index contributed by atoms with van der Waals surface area (Å²) in [5, 5.41) is 9.39. The number of aromatic nitrogens is 4. The molecule has 0 unspecified atom stereocenters. The molecule has 1 aromatic heterocycles. The van der Waals surface area contributed by atoms with E-state index in [1.54, 1.807) is 0 Å². The molecule has 0 aliphatic carbocycles. The standard InChI is InChI=1S/C19H15N4.2ClH/c1-4-10-16(11-5-1)19-20-22(17-12-6-2-7-13-17)23(21-19)18-14-8-3-9-15-18;;/h1-15H;2*1H/q+1;;/p-1. The highest BCUT2D eigenvalue weighted by atomic mass is 35.5. The summed E-state index contributed by atoms with van der Waals surface area (Å²) in [6, 6.07) is 30.0. The minimum atomic E-state index is 0. The number of hydrogen-bond donors (Lipinski definition) is 0. The highest BCUT2D eigenvalue weighted by Gasteiger charge is 2.22. The average Bonchev–Trinajstić information content (AvgIpc) is 3.09. The molecule has 0 amide bonds. The molecule has 4 aromatic rings. The van der Waals surface area contributed by atoms with E-state index in [1.165, 1.54) is 0 Å². The van der Waals surface area contributed by atoms with Gasteiger partial charge in [-0.15, -0.1) is 12.4 Å². The molecule has 0 aliphatic heterocycles. The summed E-state index contributed by atoms with van der Waals surface area (Å²) < 4.78 is 0. The molecular formula is C19H16Cl2N4. The molecule has 0 saturated carbocycles. The largest absolute Gasteiger partial charge is 1.00 e. The lowest BCUT2D eigenvalue weighted by molar-refractivity contribution is -0.734. The Morgan fingerprint density at radius 2 is 1.20 bits per heavy atom. The molecule has 4 nitrogen and oxygen atoms in total. The first-order valence-electron chi connectivity index (χ1n) is 7.48. The number of tetrazole rings is 1. The average molecular weight is 371 g/mol. The maximum Gasteiger partial charge on any atom is 0.340 e. The number of nitrogens with zero attached hydrogens (tertiary/aromatic N) is 4. The first kappa shape index (κ1) is 18.6. The van der Waals surface area contributed by atoms with Crippen LogP contribution in [0.3, 0.4) is 0 Å². The Hall–Kier alpha value is -2.69. The van der Waals surface area contributed by atoms with E-state index in [4.69, 9.17) is 10.2 Å². The molecule has 0 fully saturated rings. The third-order valence-electron chi connectivity index (χ3n) is 3.56. The maximum atomic E-state index is 4.70. The van der Waals surface area contributed by atoms with Crippen LogP contribution in [-0.2, 0) is 0 Å². The third-order valence-corrected chi connectivity index (χ3v) is 3.56. The van der Waals surface area contributed by atoms with E-state index in [9.17, 15) is 0 Å². The minimum absolute atomic E-state index is 0. The molecule has 25 heavy (non-hydrogen) atoms.